The summed E-state index contributed by atoms with van der Waals surface area (Å²) < 4.78 is 0. The molecule has 0 radical (unpaired) electrons. The van der Waals surface area contributed by atoms with Gasteiger partial charge < -0.3 is 26.4 Å². The molecule has 0 spiro atoms. The van der Waals surface area contributed by atoms with Crippen LogP contribution in [0.3, 0.4) is 0 Å². The number of hydrogen-bond donors (Lipinski definition) is 5. The lowest BCUT2D eigenvalue weighted by atomic mass is 10.1. The van der Waals surface area contributed by atoms with Crippen molar-refractivity contribution in [3.05, 3.63) is 0 Å². The Morgan fingerprint density at radius 3 is 2.76 bits per heavy atom. The van der Waals surface area contributed by atoms with Crippen LogP contribution in [0.1, 0.15) is 19.8 Å². The van der Waals surface area contributed by atoms with E-state index < -0.39 is 24.5 Å². The van der Waals surface area contributed by atoms with Gasteiger partial charge in [-0.15, -0.1) is 0 Å². The topological polar surface area (TPSA) is 132 Å². The van der Waals surface area contributed by atoms with Crippen molar-refractivity contribution in [3.8, 4) is 0 Å². The summed E-state index contributed by atoms with van der Waals surface area (Å²) in [6.07, 6.45) is 1.04. The first-order valence-corrected chi connectivity index (χ1v) is 6.78. The minimum absolute atomic E-state index is 0.333. The lowest BCUT2D eigenvalue weighted by molar-refractivity contribution is -0.138. The maximum absolute atomic E-state index is 11.8. The fourth-order valence-corrected chi connectivity index (χ4v) is 1.83. The fourth-order valence-electron chi connectivity index (χ4n) is 1.83. The predicted octanol–water partition coefficient (Wildman–Crippen LogP) is -1.98. The van der Waals surface area contributed by atoms with Gasteiger partial charge in [-0.3, -0.25) is 19.4 Å². The lowest BCUT2D eigenvalue weighted by Gasteiger charge is -2.17. The average molecular weight is 299 g/mol. The Balaban J connectivity index is 2.32. The molecule has 21 heavy (non-hydrogen) atoms. The van der Waals surface area contributed by atoms with Crippen molar-refractivity contribution >= 4 is 23.7 Å². The van der Waals surface area contributed by atoms with Gasteiger partial charge in [0.15, 0.2) is 5.96 Å². The van der Waals surface area contributed by atoms with Crippen LogP contribution in [0.2, 0.25) is 0 Å². The molecule has 1 aliphatic rings. The third-order valence-electron chi connectivity index (χ3n) is 2.74. The van der Waals surface area contributed by atoms with Crippen molar-refractivity contribution < 1.29 is 19.5 Å². The van der Waals surface area contributed by atoms with Crippen LogP contribution in [0.15, 0.2) is 4.99 Å². The quantitative estimate of drug-likeness (QED) is 0.330. The molecule has 0 aliphatic carbocycles. The summed E-state index contributed by atoms with van der Waals surface area (Å²) in [6.45, 7) is 3.01. The molecule has 9 heteroatoms. The molecule has 1 heterocycles. The number of carbonyl (C=O) groups is 3. The van der Waals surface area contributed by atoms with E-state index in [1.807, 2.05) is 0 Å². The second-order valence-electron chi connectivity index (χ2n) is 4.59. The van der Waals surface area contributed by atoms with Gasteiger partial charge in [-0.25, -0.2) is 0 Å². The second kappa shape index (κ2) is 8.77. The van der Waals surface area contributed by atoms with Gasteiger partial charge in [-0.05, 0) is 12.8 Å². The number of carbonyl (C=O) groups excluding carboxylic acids is 2. The standard InChI is InChI=1S/C12H21N5O4/c1-8(18)17-9(11(21)16-7-10(19)20)3-2-4-13-12-14-5-6-15-12/h9H,2-7H2,1H3,(H,16,21)(H,17,18)(H,19,20)(H2,13,14,15)/t9-/m0/s1. The Bertz CT molecular complexity index is 424. The fraction of sp³-hybridized carbons (Fsp3) is 0.667. The maximum Gasteiger partial charge on any atom is 0.322 e. The predicted molar refractivity (Wildman–Crippen MR) is 75.8 cm³/mol. The zero-order valence-electron chi connectivity index (χ0n) is 11.9. The molecule has 1 atom stereocenters. The third-order valence-corrected chi connectivity index (χ3v) is 2.74. The summed E-state index contributed by atoms with van der Waals surface area (Å²) >= 11 is 0. The molecule has 0 bridgehead atoms. The maximum atomic E-state index is 11.8. The summed E-state index contributed by atoms with van der Waals surface area (Å²) in [6, 6.07) is -0.734. The van der Waals surface area contributed by atoms with Crippen LogP contribution in [-0.4, -0.2) is 61.1 Å². The summed E-state index contributed by atoms with van der Waals surface area (Å²) in [5.74, 6) is -1.22. The van der Waals surface area contributed by atoms with Gasteiger partial charge in [0, 0.05) is 20.0 Å². The van der Waals surface area contributed by atoms with Crippen molar-refractivity contribution in [3.63, 3.8) is 0 Å². The number of aliphatic carboxylic acids is 1. The molecule has 118 valence electrons. The molecular formula is C12H21N5O4. The number of rotatable bonds is 8. The Morgan fingerprint density at radius 2 is 2.19 bits per heavy atom. The Kier molecular flexibility index (Phi) is 6.99. The number of amides is 2. The van der Waals surface area contributed by atoms with Gasteiger partial charge in [0.1, 0.15) is 12.6 Å². The number of guanidine groups is 1. The first-order chi connectivity index (χ1) is 9.99. The zero-order valence-corrected chi connectivity index (χ0v) is 11.9. The van der Waals surface area contributed by atoms with Crippen LogP contribution in [0.4, 0.5) is 0 Å². The van der Waals surface area contributed by atoms with Gasteiger partial charge in [0.05, 0.1) is 6.54 Å². The van der Waals surface area contributed by atoms with Crippen LogP contribution in [0, 0.1) is 0 Å². The van der Waals surface area contributed by atoms with E-state index in [0.29, 0.717) is 19.4 Å². The van der Waals surface area contributed by atoms with Gasteiger partial charge in [0.25, 0.3) is 0 Å². The van der Waals surface area contributed by atoms with Crippen LogP contribution in [-0.2, 0) is 14.4 Å². The Hall–Kier alpha value is -2.32. The van der Waals surface area contributed by atoms with Crippen LogP contribution >= 0.6 is 0 Å². The summed E-state index contributed by atoms with van der Waals surface area (Å²) in [5, 5.41) is 19.4. The van der Waals surface area contributed by atoms with Gasteiger partial charge in [-0.1, -0.05) is 0 Å². The smallest absolute Gasteiger partial charge is 0.322 e. The lowest BCUT2D eigenvalue weighted by Crippen LogP contribution is -2.47. The largest absolute Gasteiger partial charge is 0.480 e. The summed E-state index contributed by atoms with van der Waals surface area (Å²) in [7, 11) is 0. The van der Waals surface area contributed by atoms with E-state index >= 15 is 0 Å². The number of hydrogen-bond acceptors (Lipinski definition) is 6. The second-order valence-corrected chi connectivity index (χ2v) is 4.59. The van der Waals surface area contributed by atoms with E-state index in [1.165, 1.54) is 6.92 Å². The molecule has 1 rings (SSSR count). The molecule has 0 fully saturated rings. The van der Waals surface area contributed by atoms with E-state index in [4.69, 9.17) is 5.11 Å². The normalized spacial score (nSPS) is 14.6. The highest BCUT2D eigenvalue weighted by molar-refractivity contribution is 5.88. The number of carboxylic acid groups (broad SMARTS) is 1. The monoisotopic (exact) mass is 299 g/mol. The van der Waals surface area contributed by atoms with Crippen LogP contribution in [0.25, 0.3) is 0 Å². The minimum atomic E-state index is -1.13. The molecule has 1 aliphatic heterocycles. The van der Waals surface area contributed by atoms with Crippen molar-refractivity contribution in [1.82, 2.24) is 21.3 Å². The number of aliphatic imine (C=N–C) groups is 1. The third kappa shape index (κ3) is 7.14. The van der Waals surface area contributed by atoms with Crippen molar-refractivity contribution in [1.29, 1.82) is 0 Å². The molecule has 0 aromatic heterocycles. The summed E-state index contributed by atoms with van der Waals surface area (Å²) in [5.41, 5.74) is 0. The molecule has 5 N–H and O–H groups in total. The highest BCUT2D eigenvalue weighted by atomic mass is 16.4. The van der Waals surface area contributed by atoms with E-state index in [9.17, 15) is 14.4 Å². The van der Waals surface area contributed by atoms with Crippen molar-refractivity contribution in [2.45, 2.75) is 25.8 Å². The van der Waals surface area contributed by atoms with Crippen LogP contribution < -0.4 is 21.3 Å². The molecular weight excluding hydrogens is 278 g/mol. The molecule has 0 saturated carbocycles. The Morgan fingerprint density at radius 1 is 1.43 bits per heavy atom. The van der Waals surface area contributed by atoms with E-state index in [0.717, 1.165) is 19.0 Å². The summed E-state index contributed by atoms with van der Waals surface area (Å²) in [4.78, 5) is 37.5. The highest BCUT2D eigenvalue weighted by Crippen LogP contribution is 1.98. The van der Waals surface area contributed by atoms with Crippen molar-refractivity contribution in [2.75, 3.05) is 26.2 Å². The minimum Gasteiger partial charge on any atom is -0.480 e. The Labute approximate surface area is 122 Å². The molecule has 0 aromatic rings. The highest BCUT2D eigenvalue weighted by Gasteiger charge is 2.19. The van der Waals surface area contributed by atoms with Gasteiger partial charge >= 0.3 is 5.97 Å². The van der Waals surface area contributed by atoms with Crippen LogP contribution in [0.5, 0.6) is 0 Å². The zero-order chi connectivity index (χ0) is 15.7. The molecule has 2 amide bonds. The number of carboxylic acids is 1. The van der Waals surface area contributed by atoms with Crippen molar-refractivity contribution in [2.24, 2.45) is 4.99 Å². The molecule has 0 saturated heterocycles. The SMILES string of the molecule is CC(=O)N[C@@H](CCCNC1=NCCN1)C(=O)NCC(=O)O. The van der Waals surface area contributed by atoms with E-state index in [-0.39, 0.29) is 5.91 Å². The molecule has 9 nitrogen and oxygen atoms in total. The van der Waals surface area contributed by atoms with Gasteiger partial charge in [0.2, 0.25) is 11.8 Å². The average Bonchev–Trinajstić information content (AvgIpc) is 2.92. The number of nitrogens with zero attached hydrogens (tertiary/aromatic N) is 1. The first kappa shape index (κ1) is 16.7. The number of nitrogens with one attached hydrogen (secondary N) is 4. The van der Waals surface area contributed by atoms with Gasteiger partial charge in [-0.2, -0.15) is 0 Å². The van der Waals surface area contributed by atoms with E-state index in [2.05, 4.69) is 26.3 Å². The molecule has 0 aromatic carbocycles. The van der Waals surface area contributed by atoms with E-state index in [1.54, 1.807) is 0 Å². The molecule has 0 unspecified atom stereocenters. The first-order valence-electron chi connectivity index (χ1n) is 6.78.